The Bertz CT molecular complexity index is 1920. The maximum atomic E-state index is 14.6. The monoisotopic (exact) mass is 761 g/mol. The van der Waals surface area contributed by atoms with Crippen molar-refractivity contribution in [3.05, 3.63) is 101 Å². The Morgan fingerprint density at radius 3 is 2.32 bits per heavy atom. The van der Waals surface area contributed by atoms with Crippen molar-refractivity contribution < 1.29 is 23.9 Å². The van der Waals surface area contributed by atoms with Crippen LogP contribution in [0.5, 0.6) is 0 Å². The third-order valence-electron chi connectivity index (χ3n) is 9.54. The molecule has 0 unspecified atom stereocenters. The van der Waals surface area contributed by atoms with Gasteiger partial charge in [0.1, 0.15) is 24.6 Å². The lowest BCUT2D eigenvalue weighted by atomic mass is 9.78. The van der Waals surface area contributed by atoms with Crippen LogP contribution in [0.4, 0.5) is 16.3 Å². The molecule has 0 aliphatic carbocycles. The summed E-state index contributed by atoms with van der Waals surface area (Å²) in [6, 6.07) is 18.9. The van der Waals surface area contributed by atoms with E-state index in [1.165, 1.54) is 17.2 Å². The van der Waals surface area contributed by atoms with E-state index in [-0.39, 0.29) is 50.4 Å². The number of aromatic nitrogens is 1. The van der Waals surface area contributed by atoms with Crippen molar-refractivity contribution in [2.45, 2.75) is 79.0 Å². The minimum atomic E-state index is -0.723. The number of anilines is 2. The van der Waals surface area contributed by atoms with Gasteiger partial charge >= 0.3 is 6.09 Å². The highest BCUT2D eigenvalue weighted by molar-refractivity contribution is 5.95. The topological polar surface area (TPSA) is 137 Å². The molecule has 0 atom stereocenters. The molecular weight excluding hydrogens is 707 g/mol. The number of benzene rings is 2. The van der Waals surface area contributed by atoms with E-state index < -0.39 is 17.1 Å². The summed E-state index contributed by atoms with van der Waals surface area (Å²) in [6.45, 7) is 11.0. The first-order valence-electron chi connectivity index (χ1n) is 19.0. The fourth-order valence-corrected chi connectivity index (χ4v) is 6.47. The molecular formula is C44H55N7O5. The predicted molar refractivity (Wildman–Crippen MR) is 221 cm³/mol. The van der Waals surface area contributed by atoms with Crippen LogP contribution in [0.1, 0.15) is 69.7 Å². The molecule has 0 radical (unpaired) electrons. The average Bonchev–Trinajstić information content (AvgIpc) is 3.16. The second-order valence-electron chi connectivity index (χ2n) is 15.2. The molecule has 4 amide bonds. The largest absolute Gasteiger partial charge is 0.444 e. The molecule has 1 aromatic heterocycles. The first-order chi connectivity index (χ1) is 26.7. The van der Waals surface area contributed by atoms with Gasteiger partial charge in [0, 0.05) is 56.7 Å². The summed E-state index contributed by atoms with van der Waals surface area (Å²) in [5.74, 6) is 2.53. The predicted octanol–water partition coefficient (Wildman–Crippen LogP) is 6.16. The second kappa shape index (κ2) is 20.1. The Kier molecular flexibility index (Phi) is 15.4. The number of carbonyl (C=O) groups excluding carboxylic acids is 4. The molecule has 2 heterocycles. The van der Waals surface area contributed by atoms with Crippen molar-refractivity contribution in [3.8, 4) is 12.3 Å². The molecule has 2 N–H and O–H groups in total. The van der Waals surface area contributed by atoms with E-state index >= 15 is 0 Å². The molecule has 0 spiro atoms. The standard InChI is InChI=1S/C44H55N7O5/c1-8-10-14-23-45-32-47-39(52)28-36-27-37(20-19-33(36)9-2)48-40(53)31-51(41(54)44(6)21-25-50(26-22-44)38-18-13-15-24-46-38)30-35-17-12-11-16-34(35)29-49(7)42(55)56-43(3,4)5/h1,10-20,23-24,27H,9,21-22,25-26,28-32H2,2-7H3,(H,47,52)(H,48,53)/b14-10-,45-23?. The van der Waals surface area contributed by atoms with Crippen LogP contribution >= 0.6 is 0 Å². The van der Waals surface area contributed by atoms with Crippen LogP contribution in [-0.4, -0.2) is 83.8 Å². The molecule has 3 aromatic rings. The van der Waals surface area contributed by atoms with Crippen LogP contribution < -0.4 is 15.5 Å². The van der Waals surface area contributed by atoms with Crippen molar-refractivity contribution in [2.75, 3.05) is 43.6 Å². The van der Waals surface area contributed by atoms with E-state index in [1.807, 2.05) is 89.2 Å². The number of hydrogen-bond acceptors (Lipinski definition) is 8. The highest BCUT2D eigenvalue weighted by atomic mass is 16.6. The van der Waals surface area contributed by atoms with Crippen molar-refractivity contribution >= 4 is 41.5 Å². The Balaban J connectivity index is 1.54. The third kappa shape index (κ3) is 12.8. The van der Waals surface area contributed by atoms with Gasteiger partial charge in [-0.3, -0.25) is 19.4 Å². The highest BCUT2D eigenvalue weighted by Gasteiger charge is 2.40. The zero-order chi connectivity index (χ0) is 40.7. The molecule has 1 aliphatic rings. The average molecular weight is 762 g/mol. The SMILES string of the molecule is C#C/C=C\C=NCNC(=O)Cc1cc(NC(=O)CN(Cc2ccccc2CN(C)C(=O)OC(C)(C)C)C(=O)C2(C)CCN(c3ccccn3)CC2)ccc1CC. The van der Waals surface area contributed by atoms with Gasteiger partial charge in [-0.1, -0.05) is 56.2 Å². The summed E-state index contributed by atoms with van der Waals surface area (Å²) in [5, 5.41) is 5.75. The number of carbonyl (C=O) groups is 4. The number of aryl methyl sites for hydroxylation is 1. The summed E-state index contributed by atoms with van der Waals surface area (Å²) in [4.78, 5) is 68.0. The molecule has 1 saturated heterocycles. The lowest BCUT2D eigenvalue weighted by Crippen LogP contribution is -2.50. The number of nitrogens with zero attached hydrogens (tertiary/aromatic N) is 5. The van der Waals surface area contributed by atoms with E-state index in [1.54, 1.807) is 30.3 Å². The molecule has 296 valence electrons. The van der Waals surface area contributed by atoms with E-state index in [0.29, 0.717) is 38.0 Å². The molecule has 12 nitrogen and oxygen atoms in total. The number of piperidine rings is 1. The van der Waals surface area contributed by atoms with E-state index in [0.717, 1.165) is 28.1 Å². The van der Waals surface area contributed by atoms with Crippen LogP contribution in [0, 0.1) is 17.8 Å². The molecule has 0 saturated carbocycles. The van der Waals surface area contributed by atoms with Gasteiger partial charge in [-0.2, -0.15) is 0 Å². The normalized spacial score (nSPS) is 13.9. The summed E-state index contributed by atoms with van der Waals surface area (Å²) >= 11 is 0. The Morgan fingerprint density at radius 1 is 0.982 bits per heavy atom. The molecule has 1 aliphatic heterocycles. The molecule has 1 fully saturated rings. The van der Waals surface area contributed by atoms with Crippen molar-refractivity contribution in [1.82, 2.24) is 20.1 Å². The minimum Gasteiger partial charge on any atom is -0.444 e. The number of pyridine rings is 1. The third-order valence-corrected chi connectivity index (χ3v) is 9.54. The van der Waals surface area contributed by atoms with Crippen LogP contribution in [-0.2, 0) is 45.1 Å². The van der Waals surface area contributed by atoms with E-state index in [4.69, 9.17) is 11.2 Å². The quantitative estimate of drug-likeness (QED) is 0.140. The zero-order valence-electron chi connectivity index (χ0n) is 33.5. The summed E-state index contributed by atoms with van der Waals surface area (Å²) in [7, 11) is 1.67. The van der Waals surface area contributed by atoms with Gasteiger partial charge < -0.3 is 30.1 Å². The lowest BCUT2D eigenvalue weighted by molar-refractivity contribution is -0.145. The van der Waals surface area contributed by atoms with Gasteiger partial charge in [0.2, 0.25) is 17.7 Å². The smallest absolute Gasteiger partial charge is 0.410 e. The molecule has 56 heavy (non-hydrogen) atoms. The second-order valence-corrected chi connectivity index (χ2v) is 15.2. The number of ether oxygens (including phenoxy) is 1. The molecule has 12 heteroatoms. The van der Waals surface area contributed by atoms with Gasteiger partial charge in [0.05, 0.1) is 6.42 Å². The number of aliphatic imine (C=N–C) groups is 1. The van der Waals surface area contributed by atoms with Gasteiger partial charge in [-0.15, -0.1) is 6.42 Å². The number of terminal acetylenes is 1. The first kappa shape index (κ1) is 42.8. The van der Waals surface area contributed by atoms with Crippen molar-refractivity contribution in [1.29, 1.82) is 0 Å². The summed E-state index contributed by atoms with van der Waals surface area (Å²) < 4.78 is 5.58. The maximum absolute atomic E-state index is 14.6. The van der Waals surface area contributed by atoms with Crippen molar-refractivity contribution in [2.24, 2.45) is 10.4 Å². The highest BCUT2D eigenvalue weighted by Crippen LogP contribution is 2.35. The fraction of sp³-hybridized carbons (Fsp3) is 0.409. The Morgan fingerprint density at radius 2 is 1.68 bits per heavy atom. The van der Waals surface area contributed by atoms with Crippen LogP contribution in [0.3, 0.4) is 0 Å². The number of hydrogen-bond donors (Lipinski definition) is 2. The number of allylic oxidation sites excluding steroid dienone is 2. The lowest BCUT2D eigenvalue weighted by Gasteiger charge is -2.41. The molecule has 4 rings (SSSR count). The molecule has 0 bridgehead atoms. The number of rotatable bonds is 15. The minimum absolute atomic E-state index is 0.107. The molecule has 2 aromatic carbocycles. The van der Waals surface area contributed by atoms with E-state index in [9.17, 15) is 19.2 Å². The van der Waals surface area contributed by atoms with Gasteiger partial charge in [0.25, 0.3) is 0 Å². The fourth-order valence-electron chi connectivity index (χ4n) is 6.47. The Hall–Kier alpha value is -5.96. The van der Waals surface area contributed by atoms with Crippen LogP contribution in [0.2, 0.25) is 0 Å². The Labute approximate surface area is 331 Å². The maximum Gasteiger partial charge on any atom is 0.410 e. The van der Waals surface area contributed by atoms with Gasteiger partial charge in [-0.05, 0) is 98.7 Å². The number of amides is 4. The van der Waals surface area contributed by atoms with Crippen molar-refractivity contribution in [3.63, 3.8) is 0 Å². The van der Waals surface area contributed by atoms with Gasteiger partial charge in [-0.25, -0.2) is 9.78 Å². The number of nitrogens with one attached hydrogen (secondary N) is 2. The summed E-state index contributed by atoms with van der Waals surface area (Å²) in [6.07, 6.45) is 13.1. The van der Waals surface area contributed by atoms with E-state index in [2.05, 4.69) is 31.4 Å². The first-order valence-corrected chi connectivity index (χ1v) is 19.0. The van der Waals surface area contributed by atoms with Gasteiger partial charge in [0.15, 0.2) is 0 Å². The zero-order valence-corrected chi connectivity index (χ0v) is 33.5. The summed E-state index contributed by atoms with van der Waals surface area (Å²) in [5.41, 5.74) is 2.56. The van der Waals surface area contributed by atoms with Crippen LogP contribution in [0.25, 0.3) is 0 Å². The van der Waals surface area contributed by atoms with Crippen LogP contribution in [0.15, 0.2) is 84.0 Å².